The van der Waals surface area contributed by atoms with E-state index in [-0.39, 0.29) is 11.4 Å². The average Bonchev–Trinajstić information content (AvgIpc) is 3.09. The Bertz CT molecular complexity index is 1140. The molecule has 2 heterocycles. The first-order chi connectivity index (χ1) is 12.0. The summed E-state index contributed by atoms with van der Waals surface area (Å²) in [5.41, 5.74) is 3.37. The van der Waals surface area contributed by atoms with Crippen molar-refractivity contribution in [2.75, 3.05) is 0 Å². The van der Waals surface area contributed by atoms with Crippen molar-refractivity contribution in [3.8, 4) is 22.7 Å². The van der Waals surface area contributed by atoms with Gasteiger partial charge in [-0.15, -0.1) is 5.10 Å². The number of phenolic OH excluding ortho intramolecular Hbond substituents is 1. The Balaban J connectivity index is 1.82. The number of phenols is 1. The van der Waals surface area contributed by atoms with Gasteiger partial charge in [0.1, 0.15) is 17.0 Å². The van der Waals surface area contributed by atoms with Gasteiger partial charge in [0, 0.05) is 16.5 Å². The van der Waals surface area contributed by atoms with E-state index in [4.69, 9.17) is 4.42 Å². The Kier molecular flexibility index (Phi) is 3.39. The van der Waals surface area contributed by atoms with Crippen LogP contribution in [0.2, 0.25) is 0 Å². The van der Waals surface area contributed by atoms with E-state index in [1.807, 2.05) is 31.2 Å². The second kappa shape index (κ2) is 5.59. The van der Waals surface area contributed by atoms with Crippen molar-refractivity contribution in [3.63, 3.8) is 0 Å². The van der Waals surface area contributed by atoms with Crippen LogP contribution in [0.1, 0.15) is 11.1 Å². The van der Waals surface area contributed by atoms with Gasteiger partial charge in [-0.2, -0.15) is 0 Å². The van der Waals surface area contributed by atoms with Gasteiger partial charge in [0.2, 0.25) is 0 Å². The van der Waals surface area contributed by atoms with Crippen molar-refractivity contribution in [1.82, 2.24) is 15.0 Å². The number of rotatable bonds is 2. The largest absolute Gasteiger partial charge is 0.508 e. The number of hydrogen-bond donors (Lipinski definition) is 1. The third-order valence-electron chi connectivity index (χ3n) is 4.19. The highest BCUT2D eigenvalue weighted by molar-refractivity contribution is 5.83. The van der Waals surface area contributed by atoms with E-state index in [1.54, 1.807) is 31.3 Å². The Morgan fingerprint density at radius 3 is 2.60 bits per heavy atom. The Morgan fingerprint density at radius 1 is 1.08 bits per heavy atom. The molecule has 1 N–H and O–H groups in total. The van der Waals surface area contributed by atoms with E-state index >= 15 is 0 Å². The normalized spacial score (nSPS) is 11.1. The summed E-state index contributed by atoms with van der Waals surface area (Å²) in [5, 5.41) is 18.6. The van der Waals surface area contributed by atoms with Crippen molar-refractivity contribution in [2.24, 2.45) is 0 Å². The summed E-state index contributed by atoms with van der Waals surface area (Å²) < 4.78 is 6.79. The molecule has 25 heavy (non-hydrogen) atoms. The highest BCUT2D eigenvalue weighted by Crippen LogP contribution is 2.26. The number of aromatic hydroxyl groups is 1. The van der Waals surface area contributed by atoms with Crippen molar-refractivity contribution >= 4 is 11.0 Å². The van der Waals surface area contributed by atoms with Crippen molar-refractivity contribution in [2.45, 2.75) is 13.8 Å². The van der Waals surface area contributed by atoms with Crippen LogP contribution in [0.4, 0.5) is 0 Å². The summed E-state index contributed by atoms with van der Waals surface area (Å²) in [6, 6.07) is 12.9. The molecule has 2 aromatic heterocycles. The monoisotopic (exact) mass is 333 g/mol. The van der Waals surface area contributed by atoms with Crippen molar-refractivity contribution in [1.29, 1.82) is 0 Å². The molecule has 124 valence electrons. The number of aromatic nitrogens is 3. The number of aryl methyl sites for hydroxylation is 2. The van der Waals surface area contributed by atoms with Crippen LogP contribution in [0.5, 0.6) is 5.75 Å². The molecule has 0 spiro atoms. The van der Waals surface area contributed by atoms with Crippen LogP contribution in [0.15, 0.2) is 57.9 Å². The fraction of sp³-hybridized carbons (Fsp3) is 0.105. The molecule has 0 atom stereocenters. The van der Waals surface area contributed by atoms with Gasteiger partial charge in [-0.3, -0.25) is 0 Å². The zero-order valence-corrected chi connectivity index (χ0v) is 13.7. The molecule has 6 heteroatoms. The molecule has 4 rings (SSSR count). The summed E-state index contributed by atoms with van der Waals surface area (Å²) in [4.78, 5) is 12.4. The van der Waals surface area contributed by atoms with E-state index in [9.17, 15) is 9.90 Å². The molecule has 0 amide bonds. The van der Waals surface area contributed by atoms with E-state index in [1.165, 1.54) is 4.68 Å². The molecular weight excluding hydrogens is 318 g/mol. The van der Waals surface area contributed by atoms with E-state index in [0.29, 0.717) is 22.2 Å². The maximum atomic E-state index is 12.4. The van der Waals surface area contributed by atoms with Gasteiger partial charge in [0.25, 0.3) is 0 Å². The van der Waals surface area contributed by atoms with Gasteiger partial charge in [-0.25, -0.2) is 9.48 Å². The highest BCUT2D eigenvalue weighted by atomic mass is 16.4. The molecule has 0 aliphatic rings. The Hall–Kier alpha value is -3.41. The summed E-state index contributed by atoms with van der Waals surface area (Å²) in [7, 11) is 0. The van der Waals surface area contributed by atoms with Crippen LogP contribution in [0, 0.1) is 13.8 Å². The van der Waals surface area contributed by atoms with Crippen molar-refractivity contribution in [3.05, 3.63) is 70.2 Å². The highest BCUT2D eigenvalue weighted by Gasteiger charge is 2.13. The first-order valence-corrected chi connectivity index (χ1v) is 7.79. The molecule has 0 aliphatic carbocycles. The van der Waals surface area contributed by atoms with E-state index in [2.05, 4.69) is 10.3 Å². The fourth-order valence-corrected chi connectivity index (χ4v) is 2.70. The van der Waals surface area contributed by atoms with Gasteiger partial charge in [0.15, 0.2) is 5.69 Å². The summed E-state index contributed by atoms with van der Waals surface area (Å²) in [6.07, 6.45) is 1.69. The minimum absolute atomic E-state index is 0.0887. The molecule has 0 unspecified atom stereocenters. The van der Waals surface area contributed by atoms with Crippen LogP contribution < -0.4 is 5.63 Å². The molecule has 0 saturated heterocycles. The second-order valence-electron chi connectivity index (χ2n) is 5.96. The zero-order valence-electron chi connectivity index (χ0n) is 13.7. The number of hydrogen-bond acceptors (Lipinski definition) is 5. The molecule has 6 nitrogen and oxygen atoms in total. The third kappa shape index (κ3) is 2.57. The second-order valence-corrected chi connectivity index (χ2v) is 5.96. The lowest BCUT2D eigenvalue weighted by atomic mass is 10.1. The molecule has 0 saturated carbocycles. The summed E-state index contributed by atoms with van der Waals surface area (Å²) >= 11 is 0. The summed E-state index contributed by atoms with van der Waals surface area (Å²) in [5.74, 6) is 0.0887. The summed E-state index contributed by atoms with van der Waals surface area (Å²) in [6.45, 7) is 3.71. The number of benzene rings is 2. The zero-order chi connectivity index (χ0) is 17.6. The van der Waals surface area contributed by atoms with E-state index < -0.39 is 5.63 Å². The lowest BCUT2D eigenvalue weighted by Crippen LogP contribution is -2.11. The number of nitrogens with zero attached hydrogens (tertiary/aromatic N) is 3. The van der Waals surface area contributed by atoms with Gasteiger partial charge in [-0.1, -0.05) is 35.0 Å². The molecule has 0 aliphatic heterocycles. The number of fused-ring (bicyclic) bond motifs is 1. The van der Waals surface area contributed by atoms with Crippen LogP contribution in [0.25, 0.3) is 27.9 Å². The molecule has 0 radical (unpaired) electrons. The Labute approximate surface area is 143 Å². The van der Waals surface area contributed by atoms with Gasteiger partial charge < -0.3 is 9.52 Å². The minimum Gasteiger partial charge on any atom is -0.508 e. The van der Waals surface area contributed by atoms with Gasteiger partial charge in [0.05, 0.1) is 6.20 Å². The minimum atomic E-state index is -0.540. The third-order valence-corrected chi connectivity index (χ3v) is 4.19. The van der Waals surface area contributed by atoms with E-state index in [0.717, 1.165) is 11.1 Å². The first kappa shape index (κ1) is 15.1. The van der Waals surface area contributed by atoms with Gasteiger partial charge >= 0.3 is 5.63 Å². The van der Waals surface area contributed by atoms with Crippen LogP contribution in [-0.2, 0) is 0 Å². The van der Waals surface area contributed by atoms with Crippen LogP contribution in [-0.4, -0.2) is 20.1 Å². The average molecular weight is 333 g/mol. The van der Waals surface area contributed by atoms with Crippen LogP contribution >= 0.6 is 0 Å². The quantitative estimate of drug-likeness (QED) is 0.569. The lowest BCUT2D eigenvalue weighted by Gasteiger charge is -2.05. The van der Waals surface area contributed by atoms with Crippen LogP contribution in [0.3, 0.4) is 0 Å². The first-order valence-electron chi connectivity index (χ1n) is 7.79. The Morgan fingerprint density at radius 2 is 1.84 bits per heavy atom. The fourth-order valence-electron chi connectivity index (χ4n) is 2.70. The molecule has 2 aromatic carbocycles. The molecule has 0 bridgehead atoms. The SMILES string of the molecule is Cc1ccc(-c2cn(-c3cc4ccc(O)c(C)c4oc3=O)nn2)cc1. The maximum absolute atomic E-state index is 12.4. The standard InChI is InChI=1S/C19H15N3O3/c1-11-3-5-13(6-4-11)15-10-22(21-20-15)16-9-14-7-8-17(23)12(2)18(14)25-19(16)24/h3-10,23H,1-2H3. The molecular formula is C19H15N3O3. The molecule has 0 fully saturated rings. The smallest absolute Gasteiger partial charge is 0.362 e. The lowest BCUT2D eigenvalue weighted by molar-refractivity contribution is 0.468. The van der Waals surface area contributed by atoms with Crippen molar-refractivity contribution < 1.29 is 9.52 Å². The van der Waals surface area contributed by atoms with Gasteiger partial charge in [-0.05, 0) is 32.0 Å². The topological polar surface area (TPSA) is 81.1 Å². The maximum Gasteiger partial charge on any atom is 0.362 e. The predicted molar refractivity (Wildman–Crippen MR) is 94.0 cm³/mol. The molecule has 4 aromatic rings. The predicted octanol–water partition coefficient (Wildman–Crippen LogP) is 3.36.